The fourth-order valence-electron chi connectivity index (χ4n) is 1.93. The van der Waals surface area contributed by atoms with Crippen LogP contribution >= 0.6 is 11.8 Å². The quantitative estimate of drug-likeness (QED) is 0.811. The van der Waals surface area contributed by atoms with Crippen LogP contribution in [0.2, 0.25) is 0 Å². The number of benzene rings is 2. The van der Waals surface area contributed by atoms with Gasteiger partial charge in [0.25, 0.3) is 0 Å². The molecule has 0 heterocycles. The summed E-state index contributed by atoms with van der Waals surface area (Å²) in [6.45, 7) is 1.97. The number of halogens is 1. The van der Waals surface area contributed by atoms with Gasteiger partial charge in [0.2, 0.25) is 5.91 Å². The van der Waals surface area contributed by atoms with Crippen molar-refractivity contribution in [2.45, 2.75) is 24.3 Å². The summed E-state index contributed by atoms with van der Waals surface area (Å²) < 4.78 is 12.8. The first-order chi connectivity index (χ1) is 10.1. The molecule has 0 spiro atoms. The molecule has 0 bridgehead atoms. The van der Waals surface area contributed by atoms with E-state index >= 15 is 0 Å². The second kappa shape index (κ2) is 7.84. The predicted octanol–water partition coefficient (Wildman–Crippen LogP) is 4.19. The van der Waals surface area contributed by atoms with Crippen LogP contribution in [0.15, 0.2) is 59.5 Å². The van der Waals surface area contributed by atoms with Gasteiger partial charge in [-0.15, -0.1) is 11.8 Å². The highest BCUT2D eigenvalue weighted by molar-refractivity contribution is 7.99. The second-order valence-electron chi connectivity index (χ2n) is 4.75. The fraction of sp³-hybridized carbons (Fsp3) is 0.235. The topological polar surface area (TPSA) is 29.1 Å². The molecule has 0 saturated heterocycles. The Morgan fingerprint density at radius 1 is 1.14 bits per heavy atom. The van der Waals surface area contributed by atoms with E-state index < -0.39 is 0 Å². The van der Waals surface area contributed by atoms with Crippen molar-refractivity contribution in [3.63, 3.8) is 0 Å². The third-order valence-corrected chi connectivity index (χ3v) is 4.10. The molecule has 0 saturated carbocycles. The van der Waals surface area contributed by atoms with Gasteiger partial charge in [-0.25, -0.2) is 4.39 Å². The number of amides is 1. The molecule has 0 aromatic heterocycles. The molecule has 1 atom stereocenters. The Balaban J connectivity index is 1.73. The average Bonchev–Trinajstić information content (AvgIpc) is 2.50. The summed E-state index contributed by atoms with van der Waals surface area (Å²) in [5.74, 6) is 0.466. The maximum Gasteiger partial charge on any atom is 0.221 e. The first kappa shape index (κ1) is 15.6. The summed E-state index contributed by atoms with van der Waals surface area (Å²) in [4.78, 5) is 12.9. The minimum Gasteiger partial charge on any atom is -0.350 e. The molecule has 0 fully saturated rings. The lowest BCUT2D eigenvalue weighted by molar-refractivity contribution is -0.121. The van der Waals surface area contributed by atoms with Gasteiger partial charge in [-0.1, -0.05) is 30.3 Å². The fourth-order valence-corrected chi connectivity index (χ4v) is 2.78. The van der Waals surface area contributed by atoms with E-state index in [0.717, 1.165) is 10.5 Å². The highest BCUT2D eigenvalue weighted by atomic mass is 32.2. The molecule has 0 aliphatic heterocycles. The largest absolute Gasteiger partial charge is 0.350 e. The second-order valence-corrected chi connectivity index (χ2v) is 5.92. The Morgan fingerprint density at radius 3 is 2.48 bits per heavy atom. The minimum absolute atomic E-state index is 0.00882. The summed E-state index contributed by atoms with van der Waals surface area (Å²) in [7, 11) is 0. The minimum atomic E-state index is -0.242. The number of thioether (sulfide) groups is 1. The van der Waals surface area contributed by atoms with Crippen LogP contribution in [-0.4, -0.2) is 11.7 Å². The number of hydrogen-bond donors (Lipinski definition) is 1. The van der Waals surface area contributed by atoms with Gasteiger partial charge in [-0.05, 0) is 36.8 Å². The first-order valence-corrected chi connectivity index (χ1v) is 7.86. The van der Waals surface area contributed by atoms with E-state index in [-0.39, 0.29) is 17.8 Å². The first-order valence-electron chi connectivity index (χ1n) is 6.88. The van der Waals surface area contributed by atoms with Crippen LogP contribution in [0.1, 0.15) is 24.9 Å². The Hall–Kier alpha value is -1.81. The van der Waals surface area contributed by atoms with Gasteiger partial charge in [0.05, 0.1) is 6.04 Å². The van der Waals surface area contributed by atoms with E-state index in [9.17, 15) is 9.18 Å². The van der Waals surface area contributed by atoms with Crippen LogP contribution < -0.4 is 5.32 Å². The van der Waals surface area contributed by atoms with E-state index in [1.54, 1.807) is 23.9 Å². The Morgan fingerprint density at radius 2 is 1.81 bits per heavy atom. The van der Waals surface area contributed by atoms with Gasteiger partial charge in [-0.3, -0.25) is 4.79 Å². The summed E-state index contributed by atoms with van der Waals surface area (Å²) >= 11 is 1.55. The molecule has 0 radical (unpaired) electrons. The monoisotopic (exact) mass is 303 g/mol. The van der Waals surface area contributed by atoms with Crippen molar-refractivity contribution in [2.75, 3.05) is 5.75 Å². The van der Waals surface area contributed by atoms with Gasteiger partial charge in [0.15, 0.2) is 0 Å². The van der Waals surface area contributed by atoms with Crippen LogP contribution in [0.3, 0.4) is 0 Å². The van der Waals surface area contributed by atoms with Crippen molar-refractivity contribution in [1.29, 1.82) is 0 Å². The van der Waals surface area contributed by atoms with Crippen molar-refractivity contribution in [2.24, 2.45) is 0 Å². The normalized spacial score (nSPS) is 11.9. The summed E-state index contributed by atoms with van der Waals surface area (Å²) in [6.07, 6.45) is 0.444. The SMILES string of the molecule is C[C@H](NC(=O)CCSc1ccc(F)cc1)c1ccccc1. The van der Waals surface area contributed by atoms with E-state index in [2.05, 4.69) is 5.32 Å². The smallest absolute Gasteiger partial charge is 0.221 e. The van der Waals surface area contributed by atoms with E-state index in [0.29, 0.717) is 12.2 Å². The summed E-state index contributed by atoms with van der Waals surface area (Å²) in [5.41, 5.74) is 1.09. The zero-order chi connectivity index (χ0) is 15.1. The van der Waals surface area contributed by atoms with Crippen LogP contribution in [0.25, 0.3) is 0 Å². The van der Waals surface area contributed by atoms with Crippen LogP contribution in [0.5, 0.6) is 0 Å². The van der Waals surface area contributed by atoms with E-state index in [1.807, 2.05) is 37.3 Å². The molecule has 110 valence electrons. The molecule has 1 amide bonds. The summed E-state index contributed by atoms with van der Waals surface area (Å²) in [6, 6.07) is 16.2. The van der Waals surface area contributed by atoms with Gasteiger partial charge in [0, 0.05) is 17.1 Å². The molecule has 1 N–H and O–H groups in total. The van der Waals surface area contributed by atoms with Gasteiger partial charge in [0.1, 0.15) is 5.82 Å². The molecule has 2 rings (SSSR count). The zero-order valence-corrected chi connectivity index (χ0v) is 12.7. The maximum absolute atomic E-state index is 12.8. The highest BCUT2D eigenvalue weighted by Gasteiger charge is 2.08. The summed E-state index contributed by atoms with van der Waals surface area (Å²) in [5, 5.41) is 2.98. The Labute approximate surface area is 128 Å². The lowest BCUT2D eigenvalue weighted by Gasteiger charge is -2.14. The molecule has 0 aliphatic rings. The Bertz CT molecular complexity index is 571. The van der Waals surface area contributed by atoms with Crippen molar-refractivity contribution in [1.82, 2.24) is 5.32 Å². The third-order valence-electron chi connectivity index (χ3n) is 3.09. The lowest BCUT2D eigenvalue weighted by Crippen LogP contribution is -2.26. The number of hydrogen-bond acceptors (Lipinski definition) is 2. The Kier molecular flexibility index (Phi) is 5.81. The van der Waals surface area contributed by atoms with E-state index in [4.69, 9.17) is 0 Å². The van der Waals surface area contributed by atoms with Gasteiger partial charge < -0.3 is 5.32 Å². The van der Waals surface area contributed by atoms with Crippen LogP contribution in [0, 0.1) is 5.82 Å². The standard InChI is InChI=1S/C17H18FNOS/c1-13(14-5-3-2-4-6-14)19-17(20)11-12-21-16-9-7-15(18)8-10-16/h2-10,13H,11-12H2,1H3,(H,19,20)/t13-/m0/s1. The molecule has 2 aromatic carbocycles. The molecule has 2 aromatic rings. The van der Waals surface area contributed by atoms with Crippen molar-refractivity contribution < 1.29 is 9.18 Å². The van der Waals surface area contributed by atoms with E-state index in [1.165, 1.54) is 12.1 Å². The zero-order valence-electron chi connectivity index (χ0n) is 11.9. The molecule has 0 aliphatic carbocycles. The predicted molar refractivity (Wildman–Crippen MR) is 84.7 cm³/mol. The maximum atomic E-state index is 12.8. The molecule has 0 unspecified atom stereocenters. The molecule has 2 nitrogen and oxygen atoms in total. The van der Waals surface area contributed by atoms with Crippen molar-refractivity contribution in [3.8, 4) is 0 Å². The van der Waals surface area contributed by atoms with Crippen molar-refractivity contribution >= 4 is 17.7 Å². The van der Waals surface area contributed by atoms with Gasteiger partial charge in [-0.2, -0.15) is 0 Å². The highest BCUT2D eigenvalue weighted by Crippen LogP contribution is 2.19. The molecule has 21 heavy (non-hydrogen) atoms. The average molecular weight is 303 g/mol. The van der Waals surface area contributed by atoms with Crippen LogP contribution in [0.4, 0.5) is 4.39 Å². The third kappa shape index (κ3) is 5.23. The van der Waals surface area contributed by atoms with Gasteiger partial charge >= 0.3 is 0 Å². The molecular formula is C17H18FNOS. The number of carbonyl (C=O) groups excluding carboxylic acids is 1. The number of carbonyl (C=O) groups is 1. The number of nitrogens with one attached hydrogen (secondary N) is 1. The lowest BCUT2D eigenvalue weighted by atomic mass is 10.1. The van der Waals surface area contributed by atoms with Crippen molar-refractivity contribution in [3.05, 3.63) is 66.0 Å². The molecule has 4 heteroatoms. The molecular weight excluding hydrogens is 285 g/mol. The van der Waals surface area contributed by atoms with Crippen LogP contribution in [-0.2, 0) is 4.79 Å². The number of rotatable bonds is 6.